The molecule has 0 unspecified atom stereocenters. The number of amides is 2. The second-order valence-corrected chi connectivity index (χ2v) is 7.63. The molecule has 1 N–H and O–H groups in total. The summed E-state index contributed by atoms with van der Waals surface area (Å²) in [6, 6.07) is 9.51. The molecular formula is C22H24N6O3. The highest BCUT2D eigenvalue weighted by Crippen LogP contribution is 2.23. The van der Waals surface area contributed by atoms with Gasteiger partial charge in [0.05, 0.1) is 12.1 Å². The lowest BCUT2D eigenvalue weighted by Gasteiger charge is -2.17. The fraction of sp³-hybridized carbons (Fsp3) is 0.318. The summed E-state index contributed by atoms with van der Waals surface area (Å²) in [6.07, 6.45) is 0.784. The van der Waals surface area contributed by atoms with E-state index in [-0.39, 0.29) is 24.8 Å². The molecule has 0 fully saturated rings. The summed E-state index contributed by atoms with van der Waals surface area (Å²) >= 11 is 0. The highest BCUT2D eigenvalue weighted by Gasteiger charge is 2.18. The quantitative estimate of drug-likeness (QED) is 0.514. The molecule has 3 aromatic heterocycles. The van der Waals surface area contributed by atoms with E-state index in [2.05, 4.69) is 15.6 Å². The molecule has 3 heterocycles. The number of rotatable bonds is 6. The average Bonchev–Trinajstić information content (AvgIpc) is 3.30. The summed E-state index contributed by atoms with van der Waals surface area (Å²) in [5.74, 6) is 0.473. The first-order chi connectivity index (χ1) is 14.8. The number of anilines is 1. The molecule has 9 nitrogen and oxygen atoms in total. The number of aryl methyl sites for hydroxylation is 3. The van der Waals surface area contributed by atoms with E-state index in [1.807, 2.05) is 42.6 Å². The molecule has 31 heavy (non-hydrogen) atoms. The van der Waals surface area contributed by atoms with Crippen LogP contribution in [0.15, 0.2) is 34.9 Å². The molecule has 160 valence electrons. The molecule has 4 rings (SSSR count). The van der Waals surface area contributed by atoms with Crippen molar-refractivity contribution >= 4 is 34.2 Å². The fourth-order valence-corrected chi connectivity index (χ4v) is 3.67. The van der Waals surface area contributed by atoms with Crippen LogP contribution in [-0.2, 0) is 16.0 Å². The normalized spacial score (nSPS) is 11.2. The van der Waals surface area contributed by atoms with E-state index in [1.165, 1.54) is 4.90 Å². The molecule has 0 aliphatic rings. The minimum Gasteiger partial charge on any atom is -0.360 e. The predicted molar refractivity (Wildman–Crippen MR) is 116 cm³/mol. The summed E-state index contributed by atoms with van der Waals surface area (Å²) < 4.78 is 6.76. The topological polar surface area (TPSA) is 106 Å². The molecule has 0 aliphatic carbocycles. The van der Waals surface area contributed by atoms with E-state index < -0.39 is 0 Å². The van der Waals surface area contributed by atoms with Gasteiger partial charge in [0.25, 0.3) is 0 Å². The number of carbonyl (C=O) groups is 2. The molecule has 0 aliphatic heterocycles. The maximum Gasteiger partial charge on any atom is 0.245 e. The van der Waals surface area contributed by atoms with Crippen molar-refractivity contribution in [1.82, 2.24) is 24.7 Å². The molecule has 9 heteroatoms. The largest absolute Gasteiger partial charge is 0.360 e. The third-order valence-electron chi connectivity index (χ3n) is 5.31. The van der Waals surface area contributed by atoms with Gasteiger partial charge in [-0.1, -0.05) is 17.3 Å². The second kappa shape index (κ2) is 8.17. The maximum atomic E-state index is 12.6. The van der Waals surface area contributed by atoms with Crippen LogP contribution in [-0.4, -0.2) is 50.1 Å². The lowest BCUT2D eigenvalue weighted by molar-refractivity contribution is -0.133. The van der Waals surface area contributed by atoms with Gasteiger partial charge >= 0.3 is 0 Å². The first-order valence-electron chi connectivity index (χ1n) is 10.0. The molecule has 1 aromatic carbocycles. The number of carbonyl (C=O) groups excluding carboxylic acids is 2. The smallest absolute Gasteiger partial charge is 0.245 e. The van der Waals surface area contributed by atoms with E-state index in [4.69, 9.17) is 9.51 Å². The summed E-state index contributed by atoms with van der Waals surface area (Å²) in [5, 5.41) is 12.0. The van der Waals surface area contributed by atoms with Gasteiger partial charge < -0.3 is 14.7 Å². The highest BCUT2D eigenvalue weighted by atomic mass is 16.5. The van der Waals surface area contributed by atoms with Crippen LogP contribution in [0.4, 0.5) is 5.82 Å². The highest BCUT2D eigenvalue weighted by molar-refractivity contribution is 5.94. The first kappa shape index (κ1) is 20.5. The average molecular weight is 420 g/mol. The molecule has 0 radical (unpaired) electrons. The molecule has 0 saturated heterocycles. The number of hydrogen-bond donors (Lipinski definition) is 1. The number of benzene rings is 1. The van der Waals surface area contributed by atoms with Crippen molar-refractivity contribution in [3.8, 4) is 0 Å². The van der Waals surface area contributed by atoms with Crippen molar-refractivity contribution in [2.75, 3.05) is 18.9 Å². The van der Waals surface area contributed by atoms with Gasteiger partial charge in [0.2, 0.25) is 11.8 Å². The van der Waals surface area contributed by atoms with Crippen molar-refractivity contribution in [1.29, 1.82) is 0 Å². The lowest BCUT2D eigenvalue weighted by Crippen LogP contribution is -2.35. The Kier molecular flexibility index (Phi) is 5.41. The Morgan fingerprint density at radius 1 is 1.19 bits per heavy atom. The number of nitrogens with zero attached hydrogens (tertiary/aromatic N) is 5. The van der Waals surface area contributed by atoms with Crippen LogP contribution in [0.25, 0.3) is 16.6 Å². The van der Waals surface area contributed by atoms with Crippen molar-refractivity contribution < 1.29 is 14.1 Å². The van der Waals surface area contributed by atoms with Gasteiger partial charge in [0.15, 0.2) is 11.5 Å². The standard InChI is InChI=1S/C22H24N6O3/c1-13-11-19(26-31-13)24-20(29)12-27(4)21(30)10-9-16-14(2)23-22-17-7-5-6-8-18(17)25-28(22)15(16)3/h5-8,11H,9-10,12H2,1-4H3,(H,24,26,29). The first-order valence-corrected chi connectivity index (χ1v) is 10.0. The number of likely N-dealkylation sites (N-methyl/N-ethyl adjacent to an activating group) is 1. The molecule has 4 aromatic rings. The Balaban J connectivity index is 1.43. The zero-order valence-electron chi connectivity index (χ0n) is 18.0. The summed E-state index contributed by atoms with van der Waals surface area (Å²) in [4.78, 5) is 30.9. The van der Waals surface area contributed by atoms with Crippen LogP contribution < -0.4 is 5.32 Å². The number of nitrogens with one attached hydrogen (secondary N) is 1. The number of hydrogen-bond acceptors (Lipinski definition) is 6. The van der Waals surface area contributed by atoms with Crippen LogP contribution in [0.2, 0.25) is 0 Å². The van der Waals surface area contributed by atoms with E-state index in [1.54, 1.807) is 20.0 Å². The zero-order chi connectivity index (χ0) is 22.1. The summed E-state index contributed by atoms with van der Waals surface area (Å²) in [5.41, 5.74) is 4.54. The lowest BCUT2D eigenvalue weighted by atomic mass is 10.1. The molecule has 2 amide bonds. The van der Waals surface area contributed by atoms with Gasteiger partial charge in [0.1, 0.15) is 5.76 Å². The monoisotopic (exact) mass is 420 g/mol. The second-order valence-electron chi connectivity index (χ2n) is 7.63. The number of fused-ring (bicyclic) bond motifs is 3. The van der Waals surface area contributed by atoms with Gasteiger partial charge in [0, 0.05) is 36.3 Å². The van der Waals surface area contributed by atoms with Gasteiger partial charge in [-0.15, -0.1) is 0 Å². The zero-order valence-corrected chi connectivity index (χ0v) is 18.0. The maximum absolute atomic E-state index is 12.6. The summed E-state index contributed by atoms with van der Waals surface area (Å²) in [6.45, 7) is 5.61. The van der Waals surface area contributed by atoms with Crippen molar-refractivity contribution in [2.24, 2.45) is 0 Å². The minimum atomic E-state index is -0.331. The molecule has 0 saturated carbocycles. The molecule has 0 atom stereocenters. The van der Waals surface area contributed by atoms with Crippen molar-refractivity contribution in [3.05, 3.63) is 53.0 Å². The van der Waals surface area contributed by atoms with Crippen molar-refractivity contribution in [2.45, 2.75) is 33.6 Å². The van der Waals surface area contributed by atoms with Crippen LogP contribution in [0, 0.1) is 20.8 Å². The van der Waals surface area contributed by atoms with Gasteiger partial charge in [-0.05, 0) is 44.9 Å². The predicted octanol–water partition coefficient (Wildman–Crippen LogP) is 2.83. The van der Waals surface area contributed by atoms with Gasteiger partial charge in [-0.3, -0.25) is 9.59 Å². The van der Waals surface area contributed by atoms with E-state index >= 15 is 0 Å². The van der Waals surface area contributed by atoms with E-state index in [9.17, 15) is 9.59 Å². The van der Waals surface area contributed by atoms with Crippen LogP contribution in [0.3, 0.4) is 0 Å². The fourth-order valence-electron chi connectivity index (χ4n) is 3.67. The minimum absolute atomic E-state index is 0.0649. The Hall–Kier alpha value is -3.75. The van der Waals surface area contributed by atoms with E-state index in [0.29, 0.717) is 18.0 Å². The van der Waals surface area contributed by atoms with Crippen LogP contribution in [0.1, 0.15) is 29.1 Å². The van der Waals surface area contributed by atoms with E-state index in [0.717, 1.165) is 33.5 Å². The molecular weight excluding hydrogens is 396 g/mol. The Bertz CT molecular complexity index is 1290. The Morgan fingerprint density at radius 2 is 1.97 bits per heavy atom. The number of aromatic nitrogens is 4. The third-order valence-corrected chi connectivity index (χ3v) is 5.31. The Morgan fingerprint density at radius 3 is 2.71 bits per heavy atom. The summed E-state index contributed by atoms with van der Waals surface area (Å²) in [7, 11) is 1.61. The Labute approximate surface area is 179 Å². The molecule has 0 spiro atoms. The SMILES string of the molecule is Cc1cc(NC(=O)CN(C)C(=O)CCc2c(C)nc3c4ccccc4nn3c2C)no1. The molecule has 0 bridgehead atoms. The van der Waals surface area contributed by atoms with Crippen molar-refractivity contribution in [3.63, 3.8) is 0 Å². The van der Waals surface area contributed by atoms with Crippen LogP contribution in [0.5, 0.6) is 0 Å². The van der Waals surface area contributed by atoms with Gasteiger partial charge in [-0.25, -0.2) is 9.50 Å². The van der Waals surface area contributed by atoms with Crippen LogP contribution >= 0.6 is 0 Å². The third kappa shape index (κ3) is 4.11. The van der Waals surface area contributed by atoms with Gasteiger partial charge in [-0.2, -0.15) is 5.10 Å².